The van der Waals surface area contributed by atoms with Crippen molar-refractivity contribution in [2.45, 2.75) is 51.7 Å². The molecule has 3 rings (SSSR count). The summed E-state index contributed by atoms with van der Waals surface area (Å²) in [4.78, 5) is 17.2. The molecule has 6 heteroatoms. The predicted molar refractivity (Wildman–Crippen MR) is 109 cm³/mol. The van der Waals surface area contributed by atoms with Crippen LogP contribution in [0.25, 0.3) is 0 Å². The zero-order valence-corrected chi connectivity index (χ0v) is 17.2. The number of pyridine rings is 1. The Hall–Kier alpha value is -1.62. The maximum Gasteiger partial charge on any atom is 0.254 e. The zero-order chi connectivity index (χ0) is 19.4. The second kappa shape index (κ2) is 8.59. The molecular formula is C21H24Cl2N2O2. The van der Waals surface area contributed by atoms with Crippen LogP contribution in [0.15, 0.2) is 30.3 Å². The van der Waals surface area contributed by atoms with Gasteiger partial charge in [0, 0.05) is 10.7 Å². The highest BCUT2D eigenvalue weighted by molar-refractivity contribution is 6.32. The van der Waals surface area contributed by atoms with Crippen LogP contribution in [-0.4, -0.2) is 23.0 Å². The normalized spacial score (nSPS) is 13.9. The Labute approximate surface area is 170 Å². The Morgan fingerprint density at radius 2 is 1.96 bits per heavy atom. The third kappa shape index (κ3) is 5.22. The average molecular weight is 407 g/mol. The van der Waals surface area contributed by atoms with Crippen LogP contribution in [0, 0.1) is 0 Å². The summed E-state index contributed by atoms with van der Waals surface area (Å²) < 4.78 is 5.78. The maximum atomic E-state index is 12.7. The number of benzene rings is 1. The molecule has 0 saturated carbocycles. The van der Waals surface area contributed by atoms with Crippen LogP contribution in [0.5, 0.6) is 0 Å². The number of nitrogens with zero attached hydrogens (tertiary/aromatic N) is 1. The zero-order valence-electron chi connectivity index (χ0n) is 15.6. The highest BCUT2D eigenvalue weighted by Gasteiger charge is 2.25. The molecule has 144 valence electrons. The van der Waals surface area contributed by atoms with E-state index in [4.69, 9.17) is 27.9 Å². The SMILES string of the molecule is CC(C)(COCc1ccccc1Cl)NC(=O)c1cc2c(nc1Cl)CCCC2. The molecule has 1 aromatic carbocycles. The van der Waals surface area contributed by atoms with E-state index in [1.54, 1.807) is 0 Å². The van der Waals surface area contributed by atoms with Gasteiger partial charge >= 0.3 is 0 Å². The van der Waals surface area contributed by atoms with E-state index in [9.17, 15) is 4.79 Å². The van der Waals surface area contributed by atoms with Gasteiger partial charge in [-0.15, -0.1) is 0 Å². The molecule has 1 N–H and O–H groups in total. The first-order chi connectivity index (χ1) is 12.9. The van der Waals surface area contributed by atoms with Crippen molar-refractivity contribution in [3.05, 3.63) is 62.9 Å². The highest BCUT2D eigenvalue weighted by Crippen LogP contribution is 2.25. The van der Waals surface area contributed by atoms with Crippen LogP contribution in [0.3, 0.4) is 0 Å². The number of halogens is 2. The molecule has 0 unspecified atom stereocenters. The molecule has 0 spiro atoms. The van der Waals surface area contributed by atoms with Gasteiger partial charge in [-0.25, -0.2) is 4.98 Å². The van der Waals surface area contributed by atoms with Crippen molar-refractivity contribution in [1.82, 2.24) is 10.3 Å². The fourth-order valence-corrected chi connectivity index (χ4v) is 3.64. The summed E-state index contributed by atoms with van der Waals surface area (Å²) in [5, 5.41) is 3.94. The van der Waals surface area contributed by atoms with Gasteiger partial charge in [-0.3, -0.25) is 4.79 Å². The van der Waals surface area contributed by atoms with Crippen LogP contribution >= 0.6 is 23.2 Å². The summed E-state index contributed by atoms with van der Waals surface area (Å²) in [6.45, 7) is 4.56. The first-order valence-corrected chi connectivity index (χ1v) is 9.93. The molecule has 0 radical (unpaired) electrons. The van der Waals surface area contributed by atoms with E-state index < -0.39 is 5.54 Å². The summed E-state index contributed by atoms with van der Waals surface area (Å²) >= 11 is 12.4. The molecule has 4 nitrogen and oxygen atoms in total. The van der Waals surface area contributed by atoms with E-state index in [0.29, 0.717) is 23.8 Å². The molecule has 0 fully saturated rings. The molecule has 0 aliphatic heterocycles. The van der Waals surface area contributed by atoms with Crippen LogP contribution < -0.4 is 5.32 Å². The summed E-state index contributed by atoms with van der Waals surface area (Å²) in [6, 6.07) is 9.44. The molecule has 1 aliphatic carbocycles. The average Bonchev–Trinajstić information content (AvgIpc) is 2.62. The van der Waals surface area contributed by atoms with E-state index in [-0.39, 0.29) is 11.1 Å². The molecule has 2 aromatic rings. The van der Waals surface area contributed by atoms with Crippen molar-refractivity contribution in [1.29, 1.82) is 0 Å². The maximum absolute atomic E-state index is 12.7. The van der Waals surface area contributed by atoms with Gasteiger partial charge < -0.3 is 10.1 Å². The molecule has 1 aromatic heterocycles. The minimum Gasteiger partial charge on any atom is -0.374 e. The third-order valence-corrected chi connectivity index (χ3v) is 5.29. The van der Waals surface area contributed by atoms with Crippen molar-refractivity contribution >= 4 is 29.1 Å². The number of aryl methyl sites for hydroxylation is 2. The van der Waals surface area contributed by atoms with Gasteiger partial charge in [-0.1, -0.05) is 41.4 Å². The highest BCUT2D eigenvalue weighted by atomic mass is 35.5. The van der Waals surface area contributed by atoms with Crippen LogP contribution in [-0.2, 0) is 24.2 Å². The Kier molecular flexibility index (Phi) is 6.40. The van der Waals surface area contributed by atoms with Gasteiger partial charge in [0.1, 0.15) is 5.15 Å². The van der Waals surface area contributed by atoms with Crippen molar-refractivity contribution in [3.8, 4) is 0 Å². The fraction of sp³-hybridized carbons (Fsp3) is 0.429. The van der Waals surface area contributed by atoms with Crippen molar-refractivity contribution < 1.29 is 9.53 Å². The Morgan fingerprint density at radius 3 is 2.74 bits per heavy atom. The van der Waals surface area contributed by atoms with Gasteiger partial charge in [0.25, 0.3) is 5.91 Å². The van der Waals surface area contributed by atoms with Gasteiger partial charge in [0.15, 0.2) is 0 Å². The second-order valence-electron chi connectivity index (χ2n) is 7.56. The Balaban J connectivity index is 1.61. The number of hydrogen-bond donors (Lipinski definition) is 1. The monoisotopic (exact) mass is 406 g/mol. The number of nitrogens with one attached hydrogen (secondary N) is 1. The minimum absolute atomic E-state index is 0.229. The van der Waals surface area contributed by atoms with Crippen molar-refractivity contribution in [2.75, 3.05) is 6.61 Å². The smallest absolute Gasteiger partial charge is 0.254 e. The summed E-state index contributed by atoms with van der Waals surface area (Å²) in [5.41, 5.74) is 2.94. The lowest BCUT2D eigenvalue weighted by molar-refractivity contribution is 0.0617. The van der Waals surface area contributed by atoms with E-state index in [1.165, 1.54) is 0 Å². The topological polar surface area (TPSA) is 51.2 Å². The molecule has 0 atom stereocenters. The lowest BCUT2D eigenvalue weighted by atomic mass is 9.95. The number of ether oxygens (including phenoxy) is 1. The second-order valence-corrected chi connectivity index (χ2v) is 8.33. The molecule has 1 aliphatic rings. The molecule has 1 heterocycles. The summed E-state index contributed by atoms with van der Waals surface area (Å²) in [7, 11) is 0. The molecule has 0 saturated heterocycles. The summed E-state index contributed by atoms with van der Waals surface area (Å²) in [6.07, 6.45) is 4.12. The first-order valence-electron chi connectivity index (χ1n) is 9.18. The number of aromatic nitrogens is 1. The lowest BCUT2D eigenvalue weighted by Crippen LogP contribution is -2.47. The standard InChI is InChI=1S/C21H24Cl2N2O2/c1-21(2,13-27-12-15-8-3-5-9-17(15)22)25-20(26)16-11-14-7-4-6-10-18(14)24-19(16)23/h3,5,8-9,11H,4,6-7,10,12-13H2,1-2H3,(H,25,26). The largest absolute Gasteiger partial charge is 0.374 e. The van der Waals surface area contributed by atoms with Crippen LogP contribution in [0.1, 0.15) is 53.9 Å². The molecular weight excluding hydrogens is 383 g/mol. The number of hydrogen-bond acceptors (Lipinski definition) is 3. The number of rotatable bonds is 6. The fourth-order valence-electron chi connectivity index (χ4n) is 3.21. The molecule has 1 amide bonds. The quantitative estimate of drug-likeness (QED) is 0.687. The third-order valence-electron chi connectivity index (χ3n) is 4.63. The van der Waals surface area contributed by atoms with Gasteiger partial charge in [0.2, 0.25) is 0 Å². The molecule has 0 bridgehead atoms. The number of carbonyl (C=O) groups excluding carboxylic acids is 1. The lowest BCUT2D eigenvalue weighted by Gasteiger charge is -2.27. The van der Waals surface area contributed by atoms with Gasteiger partial charge in [0.05, 0.1) is 24.3 Å². The van der Waals surface area contributed by atoms with Crippen LogP contribution in [0.2, 0.25) is 10.2 Å². The van der Waals surface area contributed by atoms with Gasteiger partial charge in [-0.05, 0) is 62.8 Å². The van der Waals surface area contributed by atoms with Crippen molar-refractivity contribution in [2.24, 2.45) is 0 Å². The van der Waals surface area contributed by atoms with E-state index >= 15 is 0 Å². The Morgan fingerprint density at radius 1 is 1.22 bits per heavy atom. The van der Waals surface area contributed by atoms with Crippen LogP contribution in [0.4, 0.5) is 0 Å². The Bertz CT molecular complexity index is 837. The summed E-state index contributed by atoms with van der Waals surface area (Å²) in [5.74, 6) is -0.229. The number of amides is 1. The predicted octanol–water partition coefficient (Wildman–Crippen LogP) is 4.99. The van der Waals surface area contributed by atoms with E-state index in [1.807, 2.05) is 44.2 Å². The first kappa shape index (κ1) is 20.1. The number of carbonyl (C=O) groups is 1. The minimum atomic E-state index is -0.558. The number of fused-ring (bicyclic) bond motifs is 1. The van der Waals surface area contributed by atoms with Crippen molar-refractivity contribution in [3.63, 3.8) is 0 Å². The van der Waals surface area contributed by atoms with E-state index in [0.717, 1.165) is 42.5 Å². The van der Waals surface area contributed by atoms with Gasteiger partial charge in [-0.2, -0.15) is 0 Å². The molecule has 27 heavy (non-hydrogen) atoms. The van der Waals surface area contributed by atoms with E-state index in [2.05, 4.69) is 10.3 Å².